The molecule has 1 amide bonds. The van der Waals surface area contributed by atoms with Gasteiger partial charge in [-0.2, -0.15) is 0 Å². The minimum absolute atomic E-state index is 0.0257. The van der Waals surface area contributed by atoms with E-state index in [0.717, 1.165) is 26.6 Å². The predicted octanol–water partition coefficient (Wildman–Crippen LogP) is 5.54. The molecule has 0 bridgehead atoms. The van der Waals surface area contributed by atoms with Crippen molar-refractivity contribution in [2.45, 2.75) is 24.8 Å². The van der Waals surface area contributed by atoms with E-state index in [1.54, 1.807) is 12.1 Å². The zero-order chi connectivity index (χ0) is 25.7. The first-order valence-electron chi connectivity index (χ1n) is 11.5. The average molecular weight is 503 g/mol. The molecule has 0 spiro atoms. The maximum absolute atomic E-state index is 14.8. The Labute approximate surface area is 211 Å². The Morgan fingerprint density at radius 3 is 1.92 bits per heavy atom. The first-order valence-corrected chi connectivity index (χ1v) is 12.9. The lowest BCUT2D eigenvalue weighted by Crippen LogP contribution is -2.42. The van der Waals surface area contributed by atoms with Crippen LogP contribution in [0.4, 0.5) is 10.1 Å². The van der Waals surface area contributed by atoms with Gasteiger partial charge in [0.25, 0.3) is 10.0 Å². The monoisotopic (exact) mass is 502 g/mol. The van der Waals surface area contributed by atoms with Crippen LogP contribution in [-0.2, 0) is 14.8 Å². The predicted molar refractivity (Wildman–Crippen MR) is 140 cm³/mol. The summed E-state index contributed by atoms with van der Waals surface area (Å²) in [5.41, 5.74) is 3.45. The maximum atomic E-state index is 14.8. The van der Waals surface area contributed by atoms with Crippen molar-refractivity contribution in [1.82, 2.24) is 5.32 Å². The van der Waals surface area contributed by atoms with Crippen molar-refractivity contribution in [3.63, 3.8) is 0 Å². The van der Waals surface area contributed by atoms with E-state index in [-0.39, 0.29) is 10.6 Å². The molecule has 5 nitrogen and oxygen atoms in total. The van der Waals surface area contributed by atoms with Crippen molar-refractivity contribution >= 4 is 21.6 Å². The summed E-state index contributed by atoms with van der Waals surface area (Å²) in [6, 6.07) is 28.4. The van der Waals surface area contributed by atoms with Crippen molar-refractivity contribution in [2.24, 2.45) is 0 Å². The second kappa shape index (κ2) is 10.7. The maximum Gasteiger partial charge on any atom is 0.264 e. The van der Waals surface area contributed by atoms with Gasteiger partial charge < -0.3 is 5.32 Å². The minimum atomic E-state index is -4.23. The number of halogens is 1. The van der Waals surface area contributed by atoms with E-state index in [0.29, 0.717) is 0 Å². The first-order chi connectivity index (χ1) is 17.3. The number of hydrogen-bond donors (Lipinski definition) is 1. The molecule has 0 radical (unpaired) electrons. The highest BCUT2D eigenvalue weighted by Crippen LogP contribution is 2.27. The van der Waals surface area contributed by atoms with E-state index in [1.165, 1.54) is 36.4 Å². The van der Waals surface area contributed by atoms with Gasteiger partial charge in [0.1, 0.15) is 12.4 Å². The second-order valence-corrected chi connectivity index (χ2v) is 10.5. The molecule has 36 heavy (non-hydrogen) atoms. The Morgan fingerprint density at radius 1 is 0.778 bits per heavy atom. The molecule has 1 atom stereocenters. The molecule has 1 N–H and O–H groups in total. The van der Waals surface area contributed by atoms with Gasteiger partial charge in [-0.05, 0) is 49.2 Å². The fourth-order valence-electron chi connectivity index (χ4n) is 3.89. The highest BCUT2D eigenvalue weighted by Gasteiger charge is 2.30. The van der Waals surface area contributed by atoms with Gasteiger partial charge in [0.2, 0.25) is 5.91 Å². The summed E-state index contributed by atoms with van der Waals surface area (Å²) >= 11 is 0. The summed E-state index contributed by atoms with van der Waals surface area (Å²) in [6.45, 7) is 3.22. The number of amides is 1. The molecule has 0 saturated carbocycles. The molecule has 0 aliphatic carbocycles. The molecule has 0 fully saturated rings. The Hall–Kier alpha value is -3.97. The van der Waals surface area contributed by atoms with Crippen LogP contribution in [-0.4, -0.2) is 20.9 Å². The Morgan fingerprint density at radius 2 is 1.31 bits per heavy atom. The third-order valence-electron chi connectivity index (χ3n) is 5.87. The number of nitrogens with zero attached hydrogens (tertiary/aromatic N) is 1. The number of carbonyl (C=O) groups is 1. The number of carbonyl (C=O) groups excluding carboxylic acids is 1. The molecule has 0 aliphatic heterocycles. The van der Waals surface area contributed by atoms with Crippen molar-refractivity contribution < 1.29 is 17.6 Å². The molecule has 4 aromatic carbocycles. The van der Waals surface area contributed by atoms with E-state index in [1.807, 2.05) is 68.4 Å². The number of rotatable bonds is 8. The standard InChI is InChI=1S/C29H27FN2O3S/c1-21-12-16-24(17-13-21)29(23-8-4-3-5-9-23)31-28(33)20-32(27-11-7-6-10-26(27)30)36(34,35)25-18-14-22(2)15-19-25/h3-19,29H,20H2,1-2H3,(H,31,33). The fraction of sp³-hybridized carbons (Fsp3) is 0.138. The van der Waals surface area contributed by atoms with Crippen molar-refractivity contribution in [3.8, 4) is 0 Å². The van der Waals surface area contributed by atoms with Gasteiger partial charge in [-0.15, -0.1) is 0 Å². The fourth-order valence-corrected chi connectivity index (χ4v) is 5.32. The molecule has 0 saturated heterocycles. The van der Waals surface area contributed by atoms with Crippen molar-refractivity contribution in [3.05, 3.63) is 131 Å². The van der Waals surface area contributed by atoms with Crippen LogP contribution in [0.1, 0.15) is 28.3 Å². The number of sulfonamides is 1. The van der Waals surface area contributed by atoms with Gasteiger partial charge >= 0.3 is 0 Å². The number of hydrogen-bond acceptors (Lipinski definition) is 3. The molecule has 0 aromatic heterocycles. The van der Waals surface area contributed by atoms with Crippen molar-refractivity contribution in [1.29, 1.82) is 0 Å². The molecule has 1 unspecified atom stereocenters. The molecule has 4 rings (SSSR count). The Bertz CT molecular complexity index is 1440. The van der Waals surface area contributed by atoms with Gasteiger partial charge in [0.05, 0.1) is 16.6 Å². The molecule has 0 heterocycles. The van der Waals surface area contributed by atoms with Crippen molar-refractivity contribution in [2.75, 3.05) is 10.8 Å². The molecule has 7 heteroatoms. The quantitative estimate of drug-likeness (QED) is 0.344. The number of anilines is 1. The third kappa shape index (κ3) is 5.63. The summed E-state index contributed by atoms with van der Waals surface area (Å²) < 4.78 is 42.8. The van der Waals surface area contributed by atoms with Gasteiger partial charge in [0, 0.05) is 0 Å². The lowest BCUT2D eigenvalue weighted by atomic mass is 9.98. The third-order valence-corrected chi connectivity index (χ3v) is 7.64. The summed E-state index contributed by atoms with van der Waals surface area (Å²) in [4.78, 5) is 13.3. The Balaban J connectivity index is 1.69. The van der Waals surface area contributed by atoms with Crippen LogP contribution in [0.25, 0.3) is 0 Å². The van der Waals surface area contributed by atoms with E-state index < -0.39 is 34.3 Å². The summed E-state index contributed by atoms with van der Waals surface area (Å²) in [6.07, 6.45) is 0. The normalized spacial score (nSPS) is 12.1. The van der Waals surface area contributed by atoms with Crippen LogP contribution in [0.5, 0.6) is 0 Å². The van der Waals surface area contributed by atoms with Crippen LogP contribution >= 0.6 is 0 Å². The van der Waals surface area contributed by atoms with E-state index >= 15 is 0 Å². The van der Waals surface area contributed by atoms with E-state index in [4.69, 9.17) is 0 Å². The lowest BCUT2D eigenvalue weighted by molar-refractivity contribution is -0.120. The molecular weight excluding hydrogens is 475 g/mol. The number of benzene rings is 4. The zero-order valence-corrected chi connectivity index (χ0v) is 20.9. The first kappa shape index (κ1) is 25.1. The largest absolute Gasteiger partial charge is 0.344 e. The van der Waals surface area contributed by atoms with Gasteiger partial charge in [0.15, 0.2) is 0 Å². The molecule has 4 aromatic rings. The highest BCUT2D eigenvalue weighted by molar-refractivity contribution is 7.92. The molecule has 0 aliphatic rings. The van der Waals surface area contributed by atoms with Crippen LogP contribution in [0.2, 0.25) is 0 Å². The lowest BCUT2D eigenvalue weighted by Gasteiger charge is -2.26. The van der Waals surface area contributed by atoms with Crippen LogP contribution in [0.3, 0.4) is 0 Å². The topological polar surface area (TPSA) is 66.5 Å². The van der Waals surface area contributed by atoms with Gasteiger partial charge in [-0.25, -0.2) is 12.8 Å². The van der Waals surface area contributed by atoms with E-state index in [2.05, 4.69) is 5.32 Å². The van der Waals surface area contributed by atoms with Gasteiger partial charge in [-0.1, -0.05) is 90.0 Å². The number of aryl methyl sites for hydroxylation is 2. The zero-order valence-electron chi connectivity index (χ0n) is 20.1. The summed E-state index contributed by atoms with van der Waals surface area (Å²) in [5.74, 6) is -1.30. The highest BCUT2D eigenvalue weighted by atomic mass is 32.2. The Kier molecular flexibility index (Phi) is 7.50. The van der Waals surface area contributed by atoms with Crippen LogP contribution in [0, 0.1) is 19.7 Å². The van der Waals surface area contributed by atoms with Gasteiger partial charge in [-0.3, -0.25) is 9.10 Å². The number of nitrogens with one attached hydrogen (secondary N) is 1. The smallest absolute Gasteiger partial charge is 0.264 e. The van der Waals surface area contributed by atoms with Crippen LogP contribution < -0.4 is 9.62 Å². The molecular formula is C29H27FN2O3S. The summed E-state index contributed by atoms with van der Waals surface area (Å²) in [7, 11) is -4.23. The average Bonchev–Trinajstić information content (AvgIpc) is 2.88. The second-order valence-electron chi connectivity index (χ2n) is 8.60. The number of para-hydroxylation sites is 1. The summed E-state index contributed by atoms with van der Waals surface area (Å²) in [5, 5.41) is 2.95. The SMILES string of the molecule is Cc1ccc(C(NC(=O)CN(c2ccccc2F)S(=O)(=O)c2ccc(C)cc2)c2ccccc2)cc1. The van der Waals surface area contributed by atoms with Crippen LogP contribution in [0.15, 0.2) is 108 Å². The molecule has 184 valence electrons. The minimum Gasteiger partial charge on any atom is -0.344 e. The van der Waals surface area contributed by atoms with E-state index in [9.17, 15) is 17.6 Å².